The van der Waals surface area contributed by atoms with Gasteiger partial charge in [0.1, 0.15) is 6.61 Å². The molecule has 0 bridgehead atoms. The molecule has 6 nitrogen and oxygen atoms in total. The van der Waals surface area contributed by atoms with Crippen LogP contribution in [0, 0.1) is 0 Å². The third-order valence-corrected chi connectivity index (χ3v) is 7.01. The summed E-state index contributed by atoms with van der Waals surface area (Å²) in [5, 5.41) is 6.70. The number of carbonyl (C=O) groups excluding carboxylic acids is 1. The van der Waals surface area contributed by atoms with Crippen molar-refractivity contribution in [2.45, 2.75) is 31.4 Å². The minimum atomic E-state index is -0.120. The Hall–Kier alpha value is 0.01000. The average molecular weight is 394 g/mol. The number of rotatable bonds is 14. The quantitative estimate of drug-likeness (QED) is 0.262. The van der Waals surface area contributed by atoms with Gasteiger partial charge in [-0.15, -0.1) is 0 Å². The summed E-state index contributed by atoms with van der Waals surface area (Å²) in [4.78, 5) is 14.3. The molecular weight excluding hydrogens is 358 g/mol. The zero-order chi connectivity index (χ0) is 18.4. The molecule has 0 amide bonds. The third-order valence-electron chi connectivity index (χ3n) is 3.78. The fourth-order valence-electron chi connectivity index (χ4n) is 2.35. The highest BCUT2D eigenvalue weighted by Crippen LogP contribution is 2.35. The lowest BCUT2D eigenvalue weighted by molar-refractivity contribution is -0.144. The Labute approximate surface area is 160 Å². The fourth-order valence-corrected chi connectivity index (χ4v) is 4.65. The number of hydrogen-bond donors (Lipinski definition) is 2. The van der Waals surface area contributed by atoms with Gasteiger partial charge < -0.3 is 25.0 Å². The Kier molecular flexibility index (Phi) is 13.0. The van der Waals surface area contributed by atoms with E-state index in [9.17, 15) is 4.79 Å². The Balaban J connectivity index is 1.95. The third kappa shape index (κ3) is 12.9. The summed E-state index contributed by atoms with van der Waals surface area (Å²) in [7, 11) is 5.20. The molecule has 0 aromatic carbocycles. The maximum atomic E-state index is 11.8. The van der Waals surface area contributed by atoms with E-state index in [2.05, 4.69) is 29.4 Å². The van der Waals surface area contributed by atoms with Crippen molar-refractivity contribution in [2.24, 2.45) is 0 Å². The van der Waals surface area contributed by atoms with E-state index >= 15 is 0 Å². The van der Waals surface area contributed by atoms with Crippen LogP contribution in [0.15, 0.2) is 0 Å². The van der Waals surface area contributed by atoms with Crippen molar-refractivity contribution in [1.29, 1.82) is 0 Å². The molecule has 8 heteroatoms. The van der Waals surface area contributed by atoms with Crippen LogP contribution < -0.4 is 10.6 Å². The second-order valence-electron chi connectivity index (χ2n) is 6.76. The number of ether oxygens (including phenoxy) is 2. The van der Waals surface area contributed by atoms with E-state index < -0.39 is 0 Å². The van der Waals surface area contributed by atoms with E-state index in [0.717, 1.165) is 58.0 Å². The monoisotopic (exact) mass is 393 g/mol. The van der Waals surface area contributed by atoms with Crippen molar-refractivity contribution >= 4 is 27.6 Å². The van der Waals surface area contributed by atoms with Gasteiger partial charge in [0.25, 0.3) is 0 Å². The molecule has 0 unspecified atom stereocenters. The highest BCUT2D eigenvalue weighted by molar-refractivity contribution is 8.77. The predicted octanol–water partition coefficient (Wildman–Crippen LogP) is 1.61. The van der Waals surface area contributed by atoms with Crippen molar-refractivity contribution in [2.75, 3.05) is 71.9 Å². The van der Waals surface area contributed by atoms with Crippen LogP contribution in [0.2, 0.25) is 0 Å². The molecule has 148 valence electrons. The standard InChI is InChI=1S/C17H35N3O3S2/c1-17(2,25-24-14-13-22-3)15-23-16(21)5-7-18-6-4-10-20-11-8-19-9-12-20/h18-19H,4-15H2,1-3H3. The summed E-state index contributed by atoms with van der Waals surface area (Å²) >= 11 is 0. The van der Waals surface area contributed by atoms with Crippen LogP contribution in [-0.4, -0.2) is 87.5 Å². The van der Waals surface area contributed by atoms with E-state index in [1.165, 1.54) is 0 Å². The molecule has 0 radical (unpaired) electrons. The first-order valence-corrected chi connectivity index (χ1v) is 11.4. The van der Waals surface area contributed by atoms with Crippen molar-refractivity contribution in [3.05, 3.63) is 0 Å². The smallest absolute Gasteiger partial charge is 0.307 e. The zero-order valence-electron chi connectivity index (χ0n) is 16.0. The number of piperazine rings is 1. The summed E-state index contributed by atoms with van der Waals surface area (Å²) in [5.74, 6) is 0.821. The van der Waals surface area contributed by atoms with Gasteiger partial charge in [-0.25, -0.2) is 0 Å². The van der Waals surface area contributed by atoms with Gasteiger partial charge in [-0.2, -0.15) is 0 Å². The molecule has 0 aromatic rings. The number of methoxy groups -OCH3 is 1. The second kappa shape index (κ2) is 14.1. The van der Waals surface area contributed by atoms with Gasteiger partial charge in [-0.1, -0.05) is 21.6 Å². The van der Waals surface area contributed by atoms with Crippen LogP contribution in [0.25, 0.3) is 0 Å². The van der Waals surface area contributed by atoms with Gasteiger partial charge in [0.05, 0.1) is 17.8 Å². The molecule has 0 atom stereocenters. The average Bonchev–Trinajstić information content (AvgIpc) is 2.61. The minimum Gasteiger partial charge on any atom is -0.464 e. The Morgan fingerprint density at radius 2 is 2.04 bits per heavy atom. The summed E-state index contributed by atoms with van der Waals surface area (Å²) in [6.45, 7) is 12.6. The number of hydrogen-bond acceptors (Lipinski definition) is 8. The Bertz CT molecular complexity index is 354. The lowest BCUT2D eigenvalue weighted by Crippen LogP contribution is -2.44. The SMILES string of the molecule is COCCSSC(C)(C)COC(=O)CCNCCCN1CCNCC1. The minimum absolute atomic E-state index is 0.0786. The van der Waals surface area contributed by atoms with Gasteiger partial charge in [-0.05, 0) is 33.4 Å². The first-order chi connectivity index (χ1) is 12.0. The second-order valence-corrected chi connectivity index (χ2v) is 9.89. The number of nitrogens with one attached hydrogen (secondary N) is 2. The van der Waals surface area contributed by atoms with E-state index in [1.807, 2.05) is 0 Å². The van der Waals surface area contributed by atoms with Gasteiger partial charge in [0.15, 0.2) is 0 Å². The first kappa shape index (κ1) is 23.0. The molecule has 1 rings (SSSR count). The van der Waals surface area contributed by atoms with E-state index in [-0.39, 0.29) is 10.7 Å². The van der Waals surface area contributed by atoms with Crippen molar-refractivity contribution < 1.29 is 14.3 Å². The predicted molar refractivity (Wildman–Crippen MR) is 108 cm³/mol. The number of nitrogens with zero attached hydrogens (tertiary/aromatic N) is 1. The lowest BCUT2D eigenvalue weighted by atomic mass is 10.2. The van der Waals surface area contributed by atoms with Crippen LogP contribution in [-0.2, 0) is 14.3 Å². The maximum Gasteiger partial charge on any atom is 0.307 e. The molecule has 1 aliphatic rings. The van der Waals surface area contributed by atoms with E-state index in [1.54, 1.807) is 28.7 Å². The summed E-state index contributed by atoms with van der Waals surface area (Å²) in [6.07, 6.45) is 1.56. The highest BCUT2D eigenvalue weighted by Gasteiger charge is 2.21. The van der Waals surface area contributed by atoms with Crippen molar-refractivity contribution in [3.8, 4) is 0 Å². The molecule has 0 aliphatic carbocycles. The summed E-state index contributed by atoms with van der Waals surface area (Å²) in [6, 6.07) is 0. The molecule has 1 saturated heterocycles. The van der Waals surface area contributed by atoms with Gasteiger partial charge in [-0.3, -0.25) is 4.79 Å². The van der Waals surface area contributed by atoms with Crippen LogP contribution in [0.1, 0.15) is 26.7 Å². The fraction of sp³-hybridized carbons (Fsp3) is 0.941. The normalized spacial score (nSPS) is 16.1. The van der Waals surface area contributed by atoms with Crippen molar-refractivity contribution in [3.63, 3.8) is 0 Å². The summed E-state index contributed by atoms with van der Waals surface area (Å²) < 4.78 is 10.4. The molecule has 1 aliphatic heterocycles. The highest BCUT2D eigenvalue weighted by atomic mass is 33.1. The molecule has 1 fully saturated rings. The molecule has 0 aromatic heterocycles. The first-order valence-electron chi connectivity index (χ1n) is 9.12. The molecular formula is C17H35N3O3S2. The molecule has 0 saturated carbocycles. The molecule has 2 N–H and O–H groups in total. The van der Waals surface area contributed by atoms with Crippen LogP contribution in [0.5, 0.6) is 0 Å². The maximum absolute atomic E-state index is 11.8. The largest absolute Gasteiger partial charge is 0.464 e. The zero-order valence-corrected chi connectivity index (χ0v) is 17.6. The topological polar surface area (TPSA) is 62.8 Å². The van der Waals surface area contributed by atoms with Crippen LogP contribution in [0.3, 0.4) is 0 Å². The summed E-state index contributed by atoms with van der Waals surface area (Å²) in [5.41, 5.74) is 0. The van der Waals surface area contributed by atoms with Gasteiger partial charge in [0.2, 0.25) is 0 Å². The van der Waals surface area contributed by atoms with Crippen molar-refractivity contribution in [1.82, 2.24) is 15.5 Å². The van der Waals surface area contributed by atoms with E-state index in [0.29, 0.717) is 19.6 Å². The van der Waals surface area contributed by atoms with Crippen LogP contribution >= 0.6 is 21.6 Å². The molecule has 1 heterocycles. The number of esters is 1. The molecule has 0 spiro atoms. The van der Waals surface area contributed by atoms with Gasteiger partial charge >= 0.3 is 5.97 Å². The van der Waals surface area contributed by atoms with E-state index in [4.69, 9.17) is 9.47 Å². The number of carbonyl (C=O) groups is 1. The van der Waals surface area contributed by atoms with Crippen LogP contribution in [0.4, 0.5) is 0 Å². The Morgan fingerprint density at radius 1 is 1.28 bits per heavy atom. The van der Waals surface area contributed by atoms with Gasteiger partial charge in [0, 0.05) is 45.6 Å². The molecule has 25 heavy (non-hydrogen) atoms. The Morgan fingerprint density at radius 3 is 2.76 bits per heavy atom. The lowest BCUT2D eigenvalue weighted by Gasteiger charge is -2.27.